The van der Waals surface area contributed by atoms with Crippen LogP contribution < -0.4 is 10.9 Å². The van der Waals surface area contributed by atoms with Crippen LogP contribution in [0.5, 0.6) is 0 Å². The van der Waals surface area contributed by atoms with Gasteiger partial charge in [0.25, 0.3) is 5.56 Å². The molecule has 0 spiro atoms. The Morgan fingerprint density at radius 3 is 2.56 bits per heavy atom. The fraction of sp³-hybridized carbons (Fsp3) is 0.370. The quantitative estimate of drug-likeness (QED) is 0.310. The molecular weight excluding hydrogens is 462 g/mol. The van der Waals surface area contributed by atoms with Gasteiger partial charge < -0.3 is 5.32 Å². The topological polar surface area (TPSA) is 64.0 Å². The minimum Gasteiger partial charge on any atom is -0.325 e. The van der Waals surface area contributed by atoms with Crippen molar-refractivity contribution in [3.63, 3.8) is 0 Å². The maximum Gasteiger partial charge on any atom is 0.272 e. The molecule has 7 heteroatoms. The molecule has 1 aliphatic rings. The lowest BCUT2D eigenvalue weighted by atomic mass is 10.1. The van der Waals surface area contributed by atoms with Crippen molar-refractivity contribution >= 4 is 35.1 Å². The molecule has 2 heterocycles. The van der Waals surface area contributed by atoms with Crippen LogP contribution in [0.15, 0.2) is 57.3 Å². The van der Waals surface area contributed by atoms with Crippen molar-refractivity contribution in [3.05, 3.63) is 75.2 Å². The number of benzene rings is 2. The van der Waals surface area contributed by atoms with Gasteiger partial charge in [0.1, 0.15) is 0 Å². The third-order valence-corrected chi connectivity index (χ3v) is 7.89. The van der Waals surface area contributed by atoms with Gasteiger partial charge in [0.15, 0.2) is 5.16 Å². The Balaban J connectivity index is 1.55. The van der Waals surface area contributed by atoms with Gasteiger partial charge in [0.05, 0.1) is 22.0 Å². The first-order chi connectivity index (χ1) is 16.3. The summed E-state index contributed by atoms with van der Waals surface area (Å²) in [5.74, 6) is 0.0619. The van der Waals surface area contributed by atoms with Crippen LogP contribution in [0, 0.1) is 13.8 Å². The first-order valence-electron chi connectivity index (χ1n) is 11.8. The number of carbonyl (C=O) groups excluding carboxylic acids is 1. The van der Waals surface area contributed by atoms with Crippen LogP contribution >= 0.6 is 23.5 Å². The monoisotopic (exact) mass is 493 g/mol. The molecule has 1 unspecified atom stereocenters. The highest BCUT2D eigenvalue weighted by atomic mass is 32.2. The average Bonchev–Trinajstić information content (AvgIpc) is 3.17. The Morgan fingerprint density at radius 2 is 1.88 bits per heavy atom. The number of carbonyl (C=O) groups is 1. The van der Waals surface area contributed by atoms with E-state index in [9.17, 15) is 9.59 Å². The van der Waals surface area contributed by atoms with Crippen molar-refractivity contribution in [1.29, 1.82) is 0 Å². The molecule has 0 radical (unpaired) electrons. The van der Waals surface area contributed by atoms with E-state index in [2.05, 4.69) is 37.4 Å². The summed E-state index contributed by atoms with van der Waals surface area (Å²) in [4.78, 5) is 31.8. The van der Waals surface area contributed by atoms with Gasteiger partial charge >= 0.3 is 0 Å². The fourth-order valence-electron chi connectivity index (χ4n) is 4.17. The van der Waals surface area contributed by atoms with Crippen molar-refractivity contribution < 1.29 is 4.79 Å². The molecular formula is C27H31N3O2S2. The highest BCUT2D eigenvalue weighted by Gasteiger charge is 2.27. The molecule has 4 rings (SSSR count). The molecule has 0 fully saturated rings. The molecule has 178 valence electrons. The standard InChI is InChI=1S/C27H31N3O2S2/c1-5-6-7-20-8-10-21(11-9-20)28-24(31)16-33-27-29-23-15-19(4)34-25(23)26(32)30(27)22-13-17(2)12-18(3)14-22/h8-14,19H,5-7,15-16H2,1-4H3,(H,28,31). The van der Waals surface area contributed by atoms with Gasteiger partial charge in [-0.05, 0) is 67.6 Å². The van der Waals surface area contributed by atoms with Crippen molar-refractivity contribution in [2.45, 2.75) is 68.7 Å². The number of aryl methyl sites for hydroxylation is 3. The zero-order valence-electron chi connectivity index (χ0n) is 20.2. The molecule has 0 bridgehead atoms. The van der Waals surface area contributed by atoms with E-state index in [-0.39, 0.29) is 17.2 Å². The Hall–Kier alpha value is -2.51. The number of anilines is 1. The third kappa shape index (κ3) is 5.76. The number of nitrogens with one attached hydrogen (secondary N) is 1. The van der Waals surface area contributed by atoms with Crippen LogP contribution in [0.2, 0.25) is 0 Å². The average molecular weight is 494 g/mol. The molecule has 0 aliphatic carbocycles. The van der Waals surface area contributed by atoms with E-state index in [1.54, 1.807) is 16.3 Å². The highest BCUT2D eigenvalue weighted by Crippen LogP contribution is 2.35. The number of hydrogen-bond acceptors (Lipinski definition) is 5. The van der Waals surface area contributed by atoms with Gasteiger partial charge in [-0.2, -0.15) is 0 Å². The zero-order valence-corrected chi connectivity index (χ0v) is 21.8. The first-order valence-corrected chi connectivity index (χ1v) is 13.6. The van der Waals surface area contributed by atoms with Crippen LogP contribution in [-0.2, 0) is 17.6 Å². The summed E-state index contributed by atoms with van der Waals surface area (Å²) >= 11 is 2.90. The Kier molecular flexibility index (Phi) is 7.84. The molecule has 0 saturated heterocycles. The number of unbranched alkanes of at least 4 members (excludes halogenated alkanes) is 1. The maximum absolute atomic E-state index is 13.5. The summed E-state index contributed by atoms with van der Waals surface area (Å²) in [6.45, 7) is 8.34. The second-order valence-electron chi connectivity index (χ2n) is 8.93. The molecule has 3 aromatic rings. The Morgan fingerprint density at radius 1 is 1.18 bits per heavy atom. The molecule has 1 aromatic heterocycles. The molecule has 34 heavy (non-hydrogen) atoms. The SMILES string of the molecule is CCCCc1ccc(NC(=O)CSc2nc3c(c(=O)n2-c2cc(C)cc(C)c2)SC(C)C3)cc1. The van der Waals surface area contributed by atoms with Crippen molar-refractivity contribution in [3.8, 4) is 5.69 Å². The van der Waals surface area contributed by atoms with Crippen LogP contribution in [-0.4, -0.2) is 26.5 Å². The first kappa shape index (κ1) is 24.6. The van der Waals surface area contributed by atoms with Crippen molar-refractivity contribution in [1.82, 2.24) is 9.55 Å². The Labute approximate surface area is 209 Å². The highest BCUT2D eigenvalue weighted by molar-refractivity contribution is 8.00. The van der Waals surface area contributed by atoms with E-state index in [0.717, 1.165) is 58.8 Å². The molecule has 1 aliphatic heterocycles. The smallest absolute Gasteiger partial charge is 0.272 e. The van der Waals surface area contributed by atoms with Gasteiger partial charge in [-0.15, -0.1) is 11.8 Å². The second-order valence-corrected chi connectivity index (χ2v) is 11.3. The number of rotatable bonds is 8. The van der Waals surface area contributed by atoms with E-state index in [4.69, 9.17) is 4.98 Å². The van der Waals surface area contributed by atoms with Crippen LogP contribution in [0.4, 0.5) is 5.69 Å². The maximum atomic E-state index is 13.5. The molecule has 0 saturated carbocycles. The molecule has 2 aromatic carbocycles. The number of amides is 1. The predicted molar refractivity (Wildman–Crippen MR) is 143 cm³/mol. The van der Waals surface area contributed by atoms with Gasteiger partial charge in [0, 0.05) is 17.4 Å². The van der Waals surface area contributed by atoms with Gasteiger partial charge in [0.2, 0.25) is 5.91 Å². The number of fused-ring (bicyclic) bond motifs is 1. The predicted octanol–water partition coefficient (Wildman–Crippen LogP) is 5.96. The summed E-state index contributed by atoms with van der Waals surface area (Å²) in [6.07, 6.45) is 4.15. The van der Waals surface area contributed by atoms with Gasteiger partial charge in [-0.1, -0.05) is 50.2 Å². The largest absolute Gasteiger partial charge is 0.325 e. The number of aromatic nitrogens is 2. The zero-order chi connectivity index (χ0) is 24.2. The van der Waals surface area contributed by atoms with E-state index < -0.39 is 0 Å². The van der Waals surface area contributed by atoms with Crippen molar-refractivity contribution in [2.24, 2.45) is 0 Å². The van der Waals surface area contributed by atoms with Crippen LogP contribution in [0.3, 0.4) is 0 Å². The minimum absolute atomic E-state index is 0.0464. The molecule has 1 N–H and O–H groups in total. The van der Waals surface area contributed by atoms with E-state index in [0.29, 0.717) is 10.4 Å². The lowest BCUT2D eigenvalue weighted by Crippen LogP contribution is -2.25. The number of nitrogens with zero attached hydrogens (tertiary/aromatic N) is 2. The Bertz CT molecular complexity index is 1230. The molecule has 1 atom stereocenters. The molecule has 5 nitrogen and oxygen atoms in total. The summed E-state index contributed by atoms with van der Waals surface area (Å²) in [7, 11) is 0. The van der Waals surface area contributed by atoms with E-state index in [1.807, 2.05) is 38.1 Å². The number of thioether (sulfide) groups is 2. The lowest BCUT2D eigenvalue weighted by Gasteiger charge is -2.15. The summed E-state index contributed by atoms with van der Waals surface area (Å²) < 4.78 is 1.67. The van der Waals surface area contributed by atoms with E-state index >= 15 is 0 Å². The van der Waals surface area contributed by atoms with Crippen molar-refractivity contribution in [2.75, 3.05) is 11.1 Å². The molecule has 1 amide bonds. The third-order valence-electron chi connectivity index (χ3n) is 5.73. The summed E-state index contributed by atoms with van der Waals surface area (Å²) in [5.41, 5.74) is 5.82. The van der Waals surface area contributed by atoms with Crippen LogP contribution in [0.1, 0.15) is 49.1 Å². The second kappa shape index (κ2) is 10.8. The summed E-state index contributed by atoms with van der Waals surface area (Å²) in [6, 6.07) is 14.1. The van der Waals surface area contributed by atoms with E-state index in [1.165, 1.54) is 17.3 Å². The fourth-order valence-corrected chi connectivity index (χ4v) is 6.09. The number of hydrogen-bond donors (Lipinski definition) is 1. The van der Waals surface area contributed by atoms with Gasteiger partial charge in [-0.25, -0.2) is 4.98 Å². The van der Waals surface area contributed by atoms with Crippen LogP contribution in [0.25, 0.3) is 5.69 Å². The lowest BCUT2D eigenvalue weighted by molar-refractivity contribution is -0.113. The summed E-state index contributed by atoms with van der Waals surface area (Å²) in [5, 5.41) is 3.86. The van der Waals surface area contributed by atoms with Gasteiger partial charge in [-0.3, -0.25) is 14.2 Å². The normalized spacial score (nSPS) is 14.8. The minimum atomic E-state index is -0.115.